The molecule has 2 atom stereocenters. The SMILES string of the molecule is Cc1cc(Nc2cc3c(c(NC4CC5CCC(C4)N5CCC#N)n2)C=CC(=C=O)N3)n[nH]1. The Morgan fingerprint density at radius 3 is 2.72 bits per heavy atom. The number of H-pyrrole nitrogens is 1. The number of fused-ring (bicyclic) bond motifs is 3. The van der Waals surface area contributed by atoms with Crippen LogP contribution >= 0.6 is 0 Å². The molecule has 5 heterocycles. The second-order valence-electron chi connectivity index (χ2n) is 8.70. The topological polar surface area (TPSA) is 122 Å². The van der Waals surface area contributed by atoms with Gasteiger partial charge in [-0.05, 0) is 44.8 Å². The Bertz CT molecular complexity index is 1130. The average molecular weight is 431 g/mol. The zero-order chi connectivity index (χ0) is 22.1. The van der Waals surface area contributed by atoms with Crippen LogP contribution in [0.25, 0.3) is 6.08 Å². The molecule has 4 N–H and O–H groups in total. The van der Waals surface area contributed by atoms with E-state index in [2.05, 4.69) is 37.1 Å². The van der Waals surface area contributed by atoms with Crippen LogP contribution in [0.2, 0.25) is 0 Å². The van der Waals surface area contributed by atoms with Gasteiger partial charge in [-0.3, -0.25) is 10.00 Å². The van der Waals surface area contributed by atoms with E-state index in [0.717, 1.165) is 42.1 Å². The lowest BCUT2D eigenvalue weighted by Crippen LogP contribution is -2.47. The van der Waals surface area contributed by atoms with E-state index in [9.17, 15) is 4.79 Å². The van der Waals surface area contributed by atoms with E-state index in [0.29, 0.717) is 41.9 Å². The molecule has 0 radical (unpaired) electrons. The summed E-state index contributed by atoms with van der Waals surface area (Å²) in [5, 5.41) is 26.2. The number of nitrogens with zero attached hydrogens (tertiary/aromatic N) is 4. The van der Waals surface area contributed by atoms with Gasteiger partial charge in [-0.15, -0.1) is 0 Å². The molecule has 0 aliphatic carbocycles. The molecule has 5 rings (SSSR count). The summed E-state index contributed by atoms with van der Waals surface area (Å²) in [6.07, 6.45) is 8.66. The van der Waals surface area contributed by atoms with Crippen molar-refractivity contribution in [3.63, 3.8) is 0 Å². The molecule has 2 saturated heterocycles. The number of carbonyl (C=O) groups excluding carboxylic acids is 1. The predicted molar refractivity (Wildman–Crippen MR) is 123 cm³/mol. The summed E-state index contributed by atoms with van der Waals surface area (Å²) in [5.74, 6) is 4.02. The third-order valence-corrected chi connectivity index (χ3v) is 6.52. The number of aromatic amines is 1. The van der Waals surface area contributed by atoms with Crippen molar-refractivity contribution in [1.29, 1.82) is 5.26 Å². The molecule has 2 aromatic heterocycles. The molecule has 9 nitrogen and oxygen atoms in total. The maximum atomic E-state index is 11.2. The highest BCUT2D eigenvalue weighted by molar-refractivity contribution is 5.87. The number of nitrogens with one attached hydrogen (secondary N) is 4. The molecule has 2 fully saturated rings. The lowest BCUT2D eigenvalue weighted by molar-refractivity contribution is 0.135. The van der Waals surface area contributed by atoms with Crippen LogP contribution in [0.4, 0.5) is 23.1 Å². The highest BCUT2D eigenvalue weighted by Gasteiger charge is 2.40. The van der Waals surface area contributed by atoms with E-state index in [1.165, 1.54) is 12.8 Å². The van der Waals surface area contributed by atoms with Crippen molar-refractivity contribution in [2.45, 2.75) is 57.2 Å². The number of nitriles is 1. The Morgan fingerprint density at radius 2 is 2.03 bits per heavy atom. The minimum atomic E-state index is 0.307. The number of rotatable bonds is 6. The summed E-state index contributed by atoms with van der Waals surface area (Å²) in [4.78, 5) is 18.5. The van der Waals surface area contributed by atoms with Gasteiger partial charge < -0.3 is 16.0 Å². The summed E-state index contributed by atoms with van der Waals surface area (Å²) in [6, 6.07) is 7.40. The Labute approximate surface area is 186 Å². The van der Waals surface area contributed by atoms with E-state index in [1.54, 1.807) is 6.08 Å². The Morgan fingerprint density at radius 1 is 1.22 bits per heavy atom. The molecule has 2 aromatic rings. The van der Waals surface area contributed by atoms with Crippen molar-refractivity contribution in [3.8, 4) is 6.07 Å². The second kappa shape index (κ2) is 8.50. The van der Waals surface area contributed by atoms with Crippen LogP contribution < -0.4 is 16.0 Å². The maximum Gasteiger partial charge on any atom is 0.153 e. The molecule has 2 unspecified atom stereocenters. The third kappa shape index (κ3) is 3.98. The first-order chi connectivity index (χ1) is 15.6. The molecule has 0 aromatic carbocycles. The number of anilines is 4. The molecule has 3 aliphatic heterocycles. The highest BCUT2D eigenvalue weighted by atomic mass is 16.1. The van der Waals surface area contributed by atoms with Gasteiger partial charge in [-0.1, -0.05) is 0 Å². The smallest absolute Gasteiger partial charge is 0.153 e. The summed E-state index contributed by atoms with van der Waals surface area (Å²) in [6.45, 7) is 2.80. The van der Waals surface area contributed by atoms with Gasteiger partial charge in [0, 0.05) is 54.5 Å². The van der Waals surface area contributed by atoms with Crippen LogP contribution in [0, 0.1) is 18.3 Å². The lowest BCUT2D eigenvalue weighted by Gasteiger charge is -2.39. The lowest BCUT2D eigenvalue weighted by atomic mass is 9.96. The number of piperidine rings is 1. The van der Waals surface area contributed by atoms with Gasteiger partial charge in [-0.2, -0.15) is 10.4 Å². The molecule has 164 valence electrons. The van der Waals surface area contributed by atoms with Gasteiger partial charge in [0.05, 0.1) is 11.8 Å². The number of hydrogen-bond acceptors (Lipinski definition) is 8. The minimum Gasteiger partial charge on any atom is -0.367 e. The Hall–Kier alpha value is -3.60. The van der Waals surface area contributed by atoms with Gasteiger partial charge in [-0.25, -0.2) is 9.78 Å². The van der Waals surface area contributed by atoms with Crippen LogP contribution in [0.5, 0.6) is 0 Å². The van der Waals surface area contributed by atoms with Crippen LogP contribution in [0.15, 0.2) is 23.9 Å². The zero-order valence-corrected chi connectivity index (χ0v) is 18.0. The molecule has 0 amide bonds. The number of hydrogen-bond donors (Lipinski definition) is 4. The van der Waals surface area contributed by atoms with E-state index >= 15 is 0 Å². The second-order valence-corrected chi connectivity index (χ2v) is 8.70. The average Bonchev–Trinajstić information content (AvgIpc) is 3.30. The molecular formula is C23H26N8O. The summed E-state index contributed by atoms with van der Waals surface area (Å²) in [5.41, 5.74) is 3.06. The van der Waals surface area contributed by atoms with Crippen molar-refractivity contribution < 1.29 is 4.79 Å². The van der Waals surface area contributed by atoms with Crippen LogP contribution in [0.1, 0.15) is 43.4 Å². The van der Waals surface area contributed by atoms with E-state index in [-0.39, 0.29) is 0 Å². The van der Waals surface area contributed by atoms with Crippen molar-refractivity contribution >= 4 is 35.2 Å². The number of aromatic nitrogens is 3. The van der Waals surface area contributed by atoms with Crippen molar-refractivity contribution in [2.75, 3.05) is 22.5 Å². The molecule has 3 aliphatic rings. The molecule has 2 bridgehead atoms. The van der Waals surface area contributed by atoms with E-state index in [1.807, 2.05) is 31.1 Å². The van der Waals surface area contributed by atoms with Gasteiger partial charge in [0.2, 0.25) is 0 Å². The number of allylic oxidation sites excluding steroid dienone is 1. The molecular weight excluding hydrogens is 404 g/mol. The number of aryl methyl sites for hydroxylation is 1. The largest absolute Gasteiger partial charge is 0.367 e. The standard InChI is InChI=1S/C23H26N8O/c1-14-9-22(30-29-14)27-21-12-20-19(6-3-15(13-32)25-20)23(28-21)26-16-10-17-4-5-18(11-16)31(17)8-2-7-24/h3,6,9,12,16-18,25H,2,4-5,8,10-11H2,1H3,(H3,26,27,28,29,30). The first-order valence-corrected chi connectivity index (χ1v) is 11.1. The third-order valence-electron chi connectivity index (χ3n) is 6.52. The van der Waals surface area contributed by atoms with E-state index in [4.69, 9.17) is 10.2 Å². The monoisotopic (exact) mass is 430 g/mol. The van der Waals surface area contributed by atoms with Gasteiger partial charge in [0.15, 0.2) is 11.8 Å². The molecule has 0 spiro atoms. The van der Waals surface area contributed by atoms with Gasteiger partial charge >= 0.3 is 0 Å². The fraction of sp³-hybridized carbons (Fsp3) is 0.435. The van der Waals surface area contributed by atoms with Crippen LogP contribution in [-0.2, 0) is 4.79 Å². The highest BCUT2D eigenvalue weighted by Crippen LogP contribution is 2.39. The first kappa shape index (κ1) is 20.3. The van der Waals surface area contributed by atoms with Crippen molar-refractivity contribution in [1.82, 2.24) is 20.1 Å². The zero-order valence-electron chi connectivity index (χ0n) is 18.0. The molecule has 0 saturated carbocycles. The fourth-order valence-corrected chi connectivity index (χ4v) is 5.16. The quantitative estimate of drug-likeness (QED) is 0.515. The Balaban J connectivity index is 1.40. The van der Waals surface area contributed by atoms with Gasteiger partial charge in [0.1, 0.15) is 17.3 Å². The van der Waals surface area contributed by atoms with Crippen molar-refractivity contribution in [3.05, 3.63) is 35.2 Å². The minimum absolute atomic E-state index is 0.307. The Kier molecular flexibility index (Phi) is 5.39. The van der Waals surface area contributed by atoms with Crippen molar-refractivity contribution in [2.24, 2.45) is 0 Å². The van der Waals surface area contributed by atoms with Gasteiger partial charge in [0.25, 0.3) is 0 Å². The van der Waals surface area contributed by atoms with E-state index < -0.39 is 0 Å². The normalized spacial score (nSPS) is 23.8. The summed E-state index contributed by atoms with van der Waals surface area (Å²) >= 11 is 0. The fourth-order valence-electron chi connectivity index (χ4n) is 5.16. The maximum absolute atomic E-state index is 11.2. The van der Waals surface area contributed by atoms with Crippen LogP contribution in [0.3, 0.4) is 0 Å². The summed E-state index contributed by atoms with van der Waals surface area (Å²) < 4.78 is 0. The number of pyridine rings is 1. The molecule has 9 heteroatoms. The van der Waals surface area contributed by atoms with Crippen LogP contribution in [-0.4, -0.2) is 50.7 Å². The predicted octanol–water partition coefficient (Wildman–Crippen LogP) is 3.33. The molecule has 32 heavy (non-hydrogen) atoms. The summed E-state index contributed by atoms with van der Waals surface area (Å²) in [7, 11) is 0. The first-order valence-electron chi connectivity index (χ1n) is 11.1.